The van der Waals surface area contributed by atoms with E-state index in [9.17, 15) is 22.3 Å². The van der Waals surface area contributed by atoms with Gasteiger partial charge in [0, 0.05) is 0 Å². The van der Waals surface area contributed by atoms with E-state index in [1.165, 1.54) is 19.3 Å². The van der Waals surface area contributed by atoms with Gasteiger partial charge in [0.05, 0.1) is 19.8 Å². The molecule has 4 fully saturated rings. The predicted molar refractivity (Wildman–Crippen MR) is 78.3 cm³/mol. The summed E-state index contributed by atoms with van der Waals surface area (Å²) in [6, 6.07) is 0. The maximum Gasteiger partial charge on any atom is 0.392 e. The molecule has 23 heavy (non-hydrogen) atoms. The molecule has 4 bridgehead atoms. The molecular weight excluding hydrogens is 330 g/mol. The fourth-order valence-electron chi connectivity index (χ4n) is 5.25. The first-order valence-electron chi connectivity index (χ1n) is 8.11. The van der Waals surface area contributed by atoms with Crippen molar-refractivity contribution >= 4 is 10.1 Å². The smallest absolute Gasteiger partial charge is 0.390 e. The summed E-state index contributed by atoms with van der Waals surface area (Å²) in [6.45, 7) is -1.56. The van der Waals surface area contributed by atoms with Crippen molar-refractivity contribution in [1.29, 1.82) is 0 Å². The lowest BCUT2D eigenvalue weighted by molar-refractivity contribution is -0.147. The van der Waals surface area contributed by atoms with Crippen molar-refractivity contribution in [2.45, 2.75) is 49.9 Å². The fourth-order valence-corrected chi connectivity index (χ4v) is 5.72. The van der Waals surface area contributed by atoms with Crippen LogP contribution in [0.1, 0.15) is 38.5 Å². The monoisotopic (exact) mass is 354 g/mol. The molecule has 0 aromatic heterocycles. The van der Waals surface area contributed by atoms with Gasteiger partial charge in [-0.3, -0.25) is 4.18 Å². The third-order valence-electron chi connectivity index (χ3n) is 5.92. The number of halogens is 2. The highest BCUT2D eigenvalue weighted by molar-refractivity contribution is 7.87. The molecule has 8 heteroatoms. The van der Waals surface area contributed by atoms with Gasteiger partial charge in [-0.1, -0.05) is 0 Å². The number of hydrogen-bond acceptors (Lipinski definition) is 5. The first-order valence-corrected chi connectivity index (χ1v) is 9.52. The molecule has 4 aliphatic carbocycles. The lowest BCUT2D eigenvalue weighted by atomic mass is 9.48. The third-order valence-corrected chi connectivity index (χ3v) is 7.21. The molecular formula is C15H24F2O5S. The van der Waals surface area contributed by atoms with E-state index in [0.717, 1.165) is 19.3 Å². The highest BCUT2D eigenvalue weighted by atomic mass is 32.2. The van der Waals surface area contributed by atoms with Crippen LogP contribution >= 0.6 is 0 Å². The topological polar surface area (TPSA) is 72.8 Å². The van der Waals surface area contributed by atoms with Gasteiger partial charge in [0.1, 0.15) is 6.61 Å². The van der Waals surface area contributed by atoms with Crippen molar-refractivity contribution < 1.29 is 31.2 Å². The Labute approximate surface area is 135 Å². The maximum atomic E-state index is 13.5. The molecule has 134 valence electrons. The second kappa shape index (κ2) is 5.89. The quantitative estimate of drug-likeness (QED) is 0.709. The Bertz CT molecular complexity index is 513. The normalized spacial score (nSPS) is 38.0. The molecule has 0 saturated heterocycles. The van der Waals surface area contributed by atoms with Crippen LogP contribution in [0.15, 0.2) is 0 Å². The van der Waals surface area contributed by atoms with E-state index < -0.39 is 28.1 Å². The van der Waals surface area contributed by atoms with Gasteiger partial charge < -0.3 is 9.84 Å². The summed E-state index contributed by atoms with van der Waals surface area (Å²) in [5.74, 6) is 1.89. The molecule has 1 atom stereocenters. The molecule has 0 aliphatic heterocycles. The molecule has 1 unspecified atom stereocenters. The average Bonchev–Trinajstić information content (AvgIpc) is 2.45. The summed E-state index contributed by atoms with van der Waals surface area (Å²) in [4.78, 5) is 0. The third kappa shape index (κ3) is 3.15. The summed E-state index contributed by atoms with van der Waals surface area (Å²) in [5.41, 5.74) is -0.232. The highest BCUT2D eigenvalue weighted by Crippen LogP contribution is 2.61. The Kier molecular flexibility index (Phi) is 4.49. The van der Waals surface area contributed by atoms with E-state index in [-0.39, 0.29) is 12.0 Å². The van der Waals surface area contributed by atoms with Gasteiger partial charge >= 0.3 is 15.4 Å². The first-order chi connectivity index (χ1) is 10.7. The second-order valence-electron chi connectivity index (χ2n) is 7.57. The van der Waals surface area contributed by atoms with Crippen molar-refractivity contribution in [3.05, 3.63) is 0 Å². The molecule has 0 heterocycles. The lowest BCUT2D eigenvalue weighted by Crippen LogP contribution is -2.53. The number of aliphatic hydroxyl groups is 1. The molecule has 0 aromatic rings. The zero-order chi connectivity index (χ0) is 16.9. The number of rotatable bonds is 7. The SMILES string of the molecule is COS(=O)(=O)C(F)(F)COCC(O)C12CC3CC(CC(C3)C1)C2. The van der Waals surface area contributed by atoms with E-state index >= 15 is 0 Å². The molecule has 5 nitrogen and oxygen atoms in total. The van der Waals surface area contributed by atoms with Gasteiger partial charge in [-0.25, -0.2) is 0 Å². The average molecular weight is 354 g/mol. The van der Waals surface area contributed by atoms with Crippen molar-refractivity contribution in [3.8, 4) is 0 Å². The van der Waals surface area contributed by atoms with Crippen LogP contribution in [0.2, 0.25) is 0 Å². The Morgan fingerprint density at radius 3 is 2.09 bits per heavy atom. The van der Waals surface area contributed by atoms with Crippen molar-refractivity contribution in [2.75, 3.05) is 20.3 Å². The van der Waals surface area contributed by atoms with Gasteiger partial charge in [-0.05, 0) is 61.7 Å². The van der Waals surface area contributed by atoms with Gasteiger partial charge in [-0.15, -0.1) is 0 Å². The minimum Gasteiger partial charge on any atom is -0.390 e. The molecule has 0 aromatic carbocycles. The summed E-state index contributed by atoms with van der Waals surface area (Å²) in [7, 11) is -4.29. The lowest BCUT2D eigenvalue weighted by Gasteiger charge is -2.58. The van der Waals surface area contributed by atoms with E-state index in [1.54, 1.807) is 0 Å². The minimum atomic E-state index is -4.98. The van der Waals surface area contributed by atoms with E-state index in [4.69, 9.17) is 4.74 Å². The zero-order valence-corrected chi connectivity index (χ0v) is 14.0. The Hall–Kier alpha value is -0.310. The van der Waals surface area contributed by atoms with Crippen molar-refractivity contribution in [2.24, 2.45) is 23.2 Å². The zero-order valence-electron chi connectivity index (χ0n) is 13.2. The Balaban J connectivity index is 1.57. The van der Waals surface area contributed by atoms with Crippen LogP contribution in [-0.4, -0.2) is 45.2 Å². The first kappa shape index (κ1) is 17.5. The van der Waals surface area contributed by atoms with Crippen LogP contribution in [0.25, 0.3) is 0 Å². The van der Waals surface area contributed by atoms with E-state index in [0.29, 0.717) is 24.9 Å². The van der Waals surface area contributed by atoms with Gasteiger partial charge in [-0.2, -0.15) is 17.2 Å². The molecule has 0 spiro atoms. The van der Waals surface area contributed by atoms with Crippen LogP contribution < -0.4 is 0 Å². The number of ether oxygens (including phenoxy) is 1. The maximum absolute atomic E-state index is 13.5. The molecule has 1 N–H and O–H groups in total. The van der Waals surface area contributed by atoms with Crippen LogP contribution in [0.3, 0.4) is 0 Å². The standard InChI is InChI=1S/C15H24F2O5S/c1-21-23(19,20)15(16,17)9-22-8-13(18)14-5-10-2-11(6-14)4-12(3-10)7-14/h10-13,18H,2-9H2,1H3. The second-order valence-corrected chi connectivity index (χ2v) is 9.41. The highest BCUT2D eigenvalue weighted by Gasteiger charge is 2.54. The largest absolute Gasteiger partial charge is 0.392 e. The van der Waals surface area contributed by atoms with E-state index in [1.807, 2.05) is 0 Å². The fraction of sp³-hybridized carbons (Fsp3) is 1.00. The van der Waals surface area contributed by atoms with Gasteiger partial charge in [0.15, 0.2) is 0 Å². The predicted octanol–water partition coefficient (Wildman–Crippen LogP) is 2.15. The van der Waals surface area contributed by atoms with Crippen LogP contribution in [0.5, 0.6) is 0 Å². The molecule has 0 amide bonds. The summed E-state index contributed by atoms with van der Waals surface area (Å²) in [6.07, 6.45) is 5.62. The van der Waals surface area contributed by atoms with Crippen LogP contribution in [-0.2, 0) is 19.0 Å². The summed E-state index contributed by atoms with van der Waals surface area (Å²) in [5, 5.41) is 6.41. The molecule has 4 rings (SSSR count). The van der Waals surface area contributed by atoms with E-state index in [2.05, 4.69) is 4.18 Å². The van der Waals surface area contributed by atoms with Gasteiger partial charge in [0.2, 0.25) is 0 Å². The van der Waals surface area contributed by atoms with Crippen LogP contribution in [0.4, 0.5) is 8.78 Å². The minimum absolute atomic E-state index is 0.232. The summed E-state index contributed by atoms with van der Waals surface area (Å²) >= 11 is 0. The molecule has 0 radical (unpaired) electrons. The Morgan fingerprint density at radius 1 is 1.17 bits per heavy atom. The molecule has 4 saturated carbocycles. The Morgan fingerprint density at radius 2 is 1.65 bits per heavy atom. The van der Waals surface area contributed by atoms with Gasteiger partial charge in [0.25, 0.3) is 0 Å². The van der Waals surface area contributed by atoms with Crippen LogP contribution in [0, 0.1) is 23.2 Å². The number of aliphatic hydroxyl groups excluding tert-OH is 1. The summed E-state index contributed by atoms with van der Waals surface area (Å²) < 4.78 is 57.9. The number of alkyl halides is 2. The van der Waals surface area contributed by atoms with Crippen molar-refractivity contribution in [3.63, 3.8) is 0 Å². The number of hydrogen-bond donors (Lipinski definition) is 1. The molecule has 4 aliphatic rings. The van der Waals surface area contributed by atoms with Crippen molar-refractivity contribution in [1.82, 2.24) is 0 Å².